The van der Waals surface area contributed by atoms with Gasteiger partial charge in [0.05, 0.1) is 11.9 Å². The van der Waals surface area contributed by atoms with Crippen LogP contribution < -0.4 is 9.62 Å². The number of carbonyl (C=O) groups excluding carboxylic acids is 1. The van der Waals surface area contributed by atoms with Crippen LogP contribution in [0.15, 0.2) is 83.8 Å². The third-order valence-electron chi connectivity index (χ3n) is 4.92. The quantitative estimate of drug-likeness (QED) is 0.401. The fourth-order valence-electron chi connectivity index (χ4n) is 3.32. The van der Waals surface area contributed by atoms with Gasteiger partial charge in [0.1, 0.15) is 0 Å². The maximum absolute atomic E-state index is 12.4. The zero-order chi connectivity index (χ0) is 23.0. The highest BCUT2D eigenvalue weighted by atomic mass is 32.2. The molecule has 0 bridgehead atoms. The van der Waals surface area contributed by atoms with E-state index in [1.807, 2.05) is 43.3 Å². The highest BCUT2D eigenvalue weighted by Crippen LogP contribution is 2.25. The number of sulfonamides is 1. The third-order valence-corrected chi connectivity index (χ3v) is 7.20. The third kappa shape index (κ3) is 7.14. The van der Waals surface area contributed by atoms with Gasteiger partial charge in [0, 0.05) is 29.3 Å². The fraction of sp³-hybridized carbons (Fsp3) is 0.240. The van der Waals surface area contributed by atoms with Gasteiger partial charge in [0.25, 0.3) is 0 Å². The molecule has 0 heterocycles. The van der Waals surface area contributed by atoms with Crippen molar-refractivity contribution in [1.29, 1.82) is 0 Å². The van der Waals surface area contributed by atoms with E-state index in [0.29, 0.717) is 12.1 Å². The molecule has 168 valence electrons. The molecule has 0 aliphatic carbocycles. The molecule has 0 fully saturated rings. The van der Waals surface area contributed by atoms with E-state index in [9.17, 15) is 13.2 Å². The van der Waals surface area contributed by atoms with Crippen LogP contribution >= 0.6 is 11.8 Å². The Morgan fingerprint density at radius 1 is 0.969 bits per heavy atom. The monoisotopic (exact) mass is 468 g/mol. The van der Waals surface area contributed by atoms with Crippen molar-refractivity contribution >= 4 is 39.1 Å². The molecule has 0 aromatic heterocycles. The molecule has 7 heteroatoms. The maximum Gasteiger partial charge on any atom is 0.232 e. The van der Waals surface area contributed by atoms with Crippen molar-refractivity contribution in [2.75, 3.05) is 22.4 Å². The number of anilines is 2. The fourth-order valence-corrected chi connectivity index (χ4v) is 5.14. The van der Waals surface area contributed by atoms with Gasteiger partial charge >= 0.3 is 0 Å². The first-order valence-electron chi connectivity index (χ1n) is 10.4. The highest BCUT2D eigenvalue weighted by Gasteiger charge is 2.17. The van der Waals surface area contributed by atoms with Gasteiger partial charge in [-0.25, -0.2) is 8.42 Å². The predicted octanol–water partition coefficient (Wildman–Crippen LogP) is 5.47. The average Bonchev–Trinajstić information content (AvgIpc) is 2.77. The van der Waals surface area contributed by atoms with Gasteiger partial charge in [-0.3, -0.25) is 9.10 Å². The number of hydrogen-bond acceptors (Lipinski definition) is 4. The molecule has 5 nitrogen and oxygen atoms in total. The van der Waals surface area contributed by atoms with Crippen LogP contribution in [0.2, 0.25) is 0 Å². The summed E-state index contributed by atoms with van der Waals surface area (Å²) in [5.41, 5.74) is 3.59. The number of nitrogens with zero attached hydrogens (tertiary/aromatic N) is 1. The Bertz CT molecular complexity index is 1130. The first-order valence-corrected chi connectivity index (χ1v) is 13.3. The predicted molar refractivity (Wildman–Crippen MR) is 134 cm³/mol. The van der Waals surface area contributed by atoms with Gasteiger partial charge in [-0.2, -0.15) is 0 Å². The number of carbonyl (C=O) groups is 1. The largest absolute Gasteiger partial charge is 0.326 e. The molecule has 1 N–H and O–H groups in total. The van der Waals surface area contributed by atoms with Gasteiger partial charge < -0.3 is 5.32 Å². The van der Waals surface area contributed by atoms with E-state index >= 15 is 0 Å². The molecule has 1 amide bonds. The summed E-state index contributed by atoms with van der Waals surface area (Å²) in [6.45, 7) is 2.23. The number of hydrogen-bond donors (Lipinski definition) is 1. The van der Waals surface area contributed by atoms with E-state index in [4.69, 9.17) is 0 Å². The van der Waals surface area contributed by atoms with Crippen molar-refractivity contribution in [2.45, 2.75) is 30.4 Å². The minimum atomic E-state index is -3.41. The van der Waals surface area contributed by atoms with Crippen LogP contribution in [0.3, 0.4) is 0 Å². The zero-order valence-electron chi connectivity index (χ0n) is 18.3. The Labute approximate surface area is 194 Å². The molecule has 0 unspecified atom stereocenters. The van der Waals surface area contributed by atoms with Gasteiger partial charge in [-0.1, -0.05) is 48.5 Å². The summed E-state index contributed by atoms with van der Waals surface area (Å²) in [5.74, 6) is 0.737. The summed E-state index contributed by atoms with van der Waals surface area (Å²) in [6.07, 6.45) is 1.85. The molecule has 0 atom stereocenters. The van der Waals surface area contributed by atoms with Crippen LogP contribution in [0.25, 0.3) is 0 Å². The molecular formula is C25H28N2O3S2. The molecule has 0 saturated carbocycles. The lowest BCUT2D eigenvalue weighted by Crippen LogP contribution is -2.31. The Balaban J connectivity index is 1.52. The van der Waals surface area contributed by atoms with Crippen molar-refractivity contribution < 1.29 is 13.2 Å². The normalized spacial score (nSPS) is 11.2. The minimum absolute atomic E-state index is 0.124. The van der Waals surface area contributed by atoms with Crippen LogP contribution in [0.1, 0.15) is 24.0 Å². The number of para-hydroxylation sites is 1. The lowest BCUT2D eigenvalue weighted by atomic mass is 10.1. The van der Waals surface area contributed by atoms with Crippen LogP contribution in [-0.2, 0) is 20.6 Å². The van der Waals surface area contributed by atoms with Crippen molar-refractivity contribution in [3.8, 4) is 0 Å². The molecule has 0 spiro atoms. The smallest absolute Gasteiger partial charge is 0.232 e. The molecule has 32 heavy (non-hydrogen) atoms. The second kappa shape index (κ2) is 11.2. The Kier molecular flexibility index (Phi) is 8.36. The number of aryl methyl sites for hydroxylation is 1. The number of thioether (sulfide) groups is 1. The second-order valence-corrected chi connectivity index (χ2v) is 10.5. The summed E-state index contributed by atoms with van der Waals surface area (Å²) >= 11 is 1.77. The van der Waals surface area contributed by atoms with Gasteiger partial charge in [-0.15, -0.1) is 11.8 Å². The summed E-state index contributed by atoms with van der Waals surface area (Å²) in [6, 6.07) is 25.2. The van der Waals surface area contributed by atoms with Crippen LogP contribution in [-0.4, -0.2) is 27.1 Å². The van der Waals surface area contributed by atoms with E-state index in [1.165, 1.54) is 21.0 Å². The Morgan fingerprint density at radius 2 is 1.62 bits per heavy atom. The van der Waals surface area contributed by atoms with Gasteiger partial charge in [-0.05, 0) is 54.8 Å². The van der Waals surface area contributed by atoms with Crippen molar-refractivity contribution in [1.82, 2.24) is 0 Å². The minimum Gasteiger partial charge on any atom is -0.326 e. The highest BCUT2D eigenvalue weighted by molar-refractivity contribution is 7.98. The van der Waals surface area contributed by atoms with Crippen LogP contribution in [0.4, 0.5) is 11.4 Å². The summed E-state index contributed by atoms with van der Waals surface area (Å²) < 4.78 is 25.6. The standard InChI is InChI=1S/C25H28N2O3S2/c1-20-18-21(19-31-23-12-7-4-8-13-23)15-16-24(20)26-25(28)14-9-17-27(32(2,29)30)22-10-5-3-6-11-22/h3-8,10-13,15-16,18H,9,14,17,19H2,1-2H3,(H,26,28). The van der Waals surface area contributed by atoms with E-state index in [0.717, 1.165) is 17.0 Å². The molecule has 3 aromatic rings. The summed E-state index contributed by atoms with van der Waals surface area (Å²) in [7, 11) is -3.41. The first kappa shape index (κ1) is 23.9. The van der Waals surface area contributed by atoms with Crippen LogP contribution in [0.5, 0.6) is 0 Å². The lowest BCUT2D eigenvalue weighted by Gasteiger charge is -2.22. The van der Waals surface area contributed by atoms with Crippen molar-refractivity contribution in [3.63, 3.8) is 0 Å². The van der Waals surface area contributed by atoms with E-state index in [2.05, 4.69) is 23.5 Å². The Hall–Kier alpha value is -2.77. The second-order valence-electron chi connectivity index (χ2n) is 7.57. The van der Waals surface area contributed by atoms with Crippen LogP contribution in [0, 0.1) is 6.92 Å². The van der Waals surface area contributed by atoms with Gasteiger partial charge in [0.2, 0.25) is 15.9 Å². The topological polar surface area (TPSA) is 66.5 Å². The van der Waals surface area contributed by atoms with Crippen molar-refractivity contribution in [2.24, 2.45) is 0 Å². The molecule has 3 aromatic carbocycles. The Morgan fingerprint density at radius 3 is 2.25 bits per heavy atom. The summed E-state index contributed by atoms with van der Waals surface area (Å²) in [5, 5.41) is 2.95. The van der Waals surface area contributed by atoms with E-state index in [-0.39, 0.29) is 18.9 Å². The number of benzene rings is 3. The lowest BCUT2D eigenvalue weighted by molar-refractivity contribution is -0.116. The van der Waals surface area contributed by atoms with E-state index in [1.54, 1.807) is 36.0 Å². The van der Waals surface area contributed by atoms with Crippen molar-refractivity contribution in [3.05, 3.63) is 90.0 Å². The summed E-state index contributed by atoms with van der Waals surface area (Å²) in [4.78, 5) is 13.7. The molecular weight excluding hydrogens is 440 g/mol. The molecule has 0 saturated heterocycles. The van der Waals surface area contributed by atoms with E-state index < -0.39 is 10.0 Å². The zero-order valence-corrected chi connectivity index (χ0v) is 20.0. The molecule has 0 radical (unpaired) electrons. The maximum atomic E-state index is 12.4. The molecule has 0 aliphatic rings. The van der Waals surface area contributed by atoms with Gasteiger partial charge in [0.15, 0.2) is 0 Å². The average molecular weight is 469 g/mol. The number of amides is 1. The molecule has 0 aliphatic heterocycles. The SMILES string of the molecule is Cc1cc(CSc2ccccc2)ccc1NC(=O)CCCN(c1ccccc1)S(C)(=O)=O. The first-order chi connectivity index (χ1) is 15.3. The number of nitrogens with one attached hydrogen (secondary N) is 1. The number of rotatable bonds is 10. The molecule has 3 rings (SSSR count).